The molecule has 1 heterocycles. The maximum atomic E-state index is 6.09. The van der Waals surface area contributed by atoms with Gasteiger partial charge in [-0.05, 0) is 36.8 Å². The summed E-state index contributed by atoms with van der Waals surface area (Å²) in [6.45, 7) is 2.03. The Labute approximate surface area is 134 Å². The number of halogens is 3. The second kappa shape index (κ2) is 4.95. The summed E-state index contributed by atoms with van der Waals surface area (Å²) in [4.78, 5) is 4.33. The quantitative estimate of drug-likeness (QED) is 0.656. The van der Waals surface area contributed by atoms with Gasteiger partial charge < -0.3 is 5.73 Å². The van der Waals surface area contributed by atoms with Gasteiger partial charge in [-0.2, -0.15) is 0 Å². The maximum Gasteiger partial charge on any atom is 0.205 e. The fourth-order valence-corrected chi connectivity index (χ4v) is 2.77. The van der Waals surface area contributed by atoms with Gasteiger partial charge in [-0.3, -0.25) is 4.57 Å². The topological polar surface area (TPSA) is 43.8 Å². The largest absolute Gasteiger partial charge is 0.369 e. The number of anilines is 1. The van der Waals surface area contributed by atoms with Crippen molar-refractivity contribution in [1.29, 1.82) is 0 Å². The van der Waals surface area contributed by atoms with Crippen LogP contribution in [-0.2, 0) is 0 Å². The molecule has 20 heavy (non-hydrogen) atoms. The molecule has 1 aromatic heterocycles. The van der Waals surface area contributed by atoms with Gasteiger partial charge in [0.1, 0.15) is 0 Å². The van der Waals surface area contributed by atoms with Crippen LogP contribution in [-0.4, -0.2) is 9.55 Å². The van der Waals surface area contributed by atoms with Crippen molar-refractivity contribution in [1.82, 2.24) is 9.55 Å². The molecule has 0 saturated carbocycles. The SMILES string of the molecule is Cc1ccc(-n2c(N)nc3cc(Cl)c(Cl)cc32)cc1Br. The molecule has 3 aromatic rings. The average Bonchev–Trinajstić information content (AvgIpc) is 2.69. The zero-order valence-corrected chi connectivity index (χ0v) is 13.6. The summed E-state index contributed by atoms with van der Waals surface area (Å²) >= 11 is 15.6. The molecule has 0 amide bonds. The Kier molecular flexibility index (Phi) is 3.40. The van der Waals surface area contributed by atoms with Crippen LogP contribution < -0.4 is 5.73 Å². The molecule has 0 spiro atoms. The van der Waals surface area contributed by atoms with Gasteiger partial charge in [0.25, 0.3) is 0 Å². The second-order valence-electron chi connectivity index (χ2n) is 4.49. The molecule has 0 aliphatic heterocycles. The lowest BCUT2D eigenvalue weighted by atomic mass is 10.2. The fourth-order valence-electron chi connectivity index (χ4n) is 2.08. The summed E-state index contributed by atoms with van der Waals surface area (Å²) in [5.74, 6) is 0.397. The van der Waals surface area contributed by atoms with E-state index in [4.69, 9.17) is 28.9 Å². The first-order chi connectivity index (χ1) is 9.47. The first-order valence-electron chi connectivity index (χ1n) is 5.87. The van der Waals surface area contributed by atoms with Crippen LogP contribution in [0.25, 0.3) is 16.7 Å². The average molecular weight is 371 g/mol. The number of fused-ring (bicyclic) bond motifs is 1. The molecule has 0 saturated heterocycles. The van der Waals surface area contributed by atoms with Crippen molar-refractivity contribution in [3.8, 4) is 5.69 Å². The third-order valence-corrected chi connectivity index (χ3v) is 4.71. The van der Waals surface area contributed by atoms with E-state index < -0.39 is 0 Å². The van der Waals surface area contributed by atoms with Crippen LogP contribution in [0.3, 0.4) is 0 Å². The molecule has 0 fully saturated rings. The van der Waals surface area contributed by atoms with Crippen molar-refractivity contribution >= 4 is 56.1 Å². The van der Waals surface area contributed by atoms with Crippen LogP contribution in [0.5, 0.6) is 0 Å². The number of imidazole rings is 1. The Morgan fingerprint density at radius 1 is 1.15 bits per heavy atom. The van der Waals surface area contributed by atoms with Crippen LogP contribution in [0.15, 0.2) is 34.8 Å². The van der Waals surface area contributed by atoms with E-state index in [-0.39, 0.29) is 0 Å². The van der Waals surface area contributed by atoms with Gasteiger partial charge in [0.05, 0.1) is 26.8 Å². The van der Waals surface area contributed by atoms with Gasteiger partial charge in [0.15, 0.2) is 0 Å². The van der Waals surface area contributed by atoms with Crippen molar-refractivity contribution in [2.45, 2.75) is 6.92 Å². The van der Waals surface area contributed by atoms with Crippen molar-refractivity contribution in [3.05, 3.63) is 50.4 Å². The van der Waals surface area contributed by atoms with Gasteiger partial charge >= 0.3 is 0 Å². The molecule has 3 nitrogen and oxygen atoms in total. The number of aromatic nitrogens is 2. The second-order valence-corrected chi connectivity index (χ2v) is 6.16. The maximum absolute atomic E-state index is 6.09. The number of hydrogen-bond donors (Lipinski definition) is 1. The fraction of sp³-hybridized carbons (Fsp3) is 0.0714. The Hall–Kier alpha value is -1.23. The molecule has 0 unspecified atom stereocenters. The molecule has 0 aliphatic carbocycles. The lowest BCUT2D eigenvalue weighted by Gasteiger charge is -2.08. The Balaban J connectivity index is 2.32. The minimum atomic E-state index is 0.397. The summed E-state index contributed by atoms with van der Waals surface area (Å²) in [6.07, 6.45) is 0. The summed E-state index contributed by atoms with van der Waals surface area (Å²) in [5.41, 5.74) is 9.64. The minimum Gasteiger partial charge on any atom is -0.369 e. The normalized spacial score (nSPS) is 11.2. The van der Waals surface area contributed by atoms with Crippen molar-refractivity contribution in [3.63, 3.8) is 0 Å². The molecule has 3 rings (SSSR count). The first kappa shape index (κ1) is 13.7. The van der Waals surface area contributed by atoms with E-state index in [1.54, 1.807) is 12.1 Å². The summed E-state index contributed by atoms with van der Waals surface area (Å²) in [5, 5.41) is 0.945. The Bertz CT molecular complexity index is 827. The third kappa shape index (κ3) is 2.18. The summed E-state index contributed by atoms with van der Waals surface area (Å²) in [6, 6.07) is 9.49. The number of hydrogen-bond acceptors (Lipinski definition) is 2. The number of nitrogen functional groups attached to an aromatic ring is 1. The zero-order chi connectivity index (χ0) is 14.4. The predicted octanol–water partition coefficient (Wildman–Crippen LogP) is 4.99. The number of nitrogens with two attached hydrogens (primary N) is 1. The monoisotopic (exact) mass is 369 g/mol. The third-order valence-electron chi connectivity index (χ3n) is 3.14. The van der Waals surface area contributed by atoms with Crippen LogP contribution in [0, 0.1) is 6.92 Å². The lowest BCUT2D eigenvalue weighted by Crippen LogP contribution is -2.00. The molecule has 0 radical (unpaired) electrons. The molecule has 102 valence electrons. The van der Waals surface area contributed by atoms with Gasteiger partial charge in [-0.1, -0.05) is 45.2 Å². The molecule has 0 atom stereocenters. The van der Waals surface area contributed by atoms with Crippen LogP contribution in [0.1, 0.15) is 5.56 Å². The van der Waals surface area contributed by atoms with E-state index in [0.717, 1.165) is 21.2 Å². The van der Waals surface area contributed by atoms with E-state index in [9.17, 15) is 0 Å². The highest BCUT2D eigenvalue weighted by atomic mass is 79.9. The van der Waals surface area contributed by atoms with E-state index in [1.165, 1.54) is 0 Å². The predicted molar refractivity (Wildman–Crippen MR) is 87.9 cm³/mol. The molecule has 0 bridgehead atoms. The van der Waals surface area contributed by atoms with Crippen LogP contribution in [0.2, 0.25) is 10.0 Å². The lowest BCUT2D eigenvalue weighted by molar-refractivity contribution is 1.10. The molecule has 6 heteroatoms. The number of benzene rings is 2. The smallest absolute Gasteiger partial charge is 0.205 e. The zero-order valence-electron chi connectivity index (χ0n) is 10.5. The molecular weight excluding hydrogens is 361 g/mol. The number of aryl methyl sites for hydroxylation is 1. The summed E-state index contributed by atoms with van der Waals surface area (Å²) < 4.78 is 2.86. The molecule has 2 aromatic carbocycles. The van der Waals surface area contributed by atoms with E-state index >= 15 is 0 Å². The van der Waals surface area contributed by atoms with Gasteiger partial charge in [0, 0.05) is 4.47 Å². The van der Waals surface area contributed by atoms with Crippen LogP contribution >= 0.6 is 39.1 Å². The van der Waals surface area contributed by atoms with Gasteiger partial charge in [0.2, 0.25) is 5.95 Å². The minimum absolute atomic E-state index is 0.397. The molecule has 0 aliphatic rings. The highest BCUT2D eigenvalue weighted by Gasteiger charge is 2.13. The van der Waals surface area contributed by atoms with Gasteiger partial charge in [-0.25, -0.2) is 4.98 Å². The van der Waals surface area contributed by atoms with E-state index in [1.807, 2.05) is 29.7 Å². The highest BCUT2D eigenvalue weighted by Crippen LogP contribution is 2.31. The highest BCUT2D eigenvalue weighted by molar-refractivity contribution is 9.10. The molecular formula is C14H10BrCl2N3. The van der Waals surface area contributed by atoms with E-state index in [0.29, 0.717) is 21.5 Å². The number of nitrogens with zero attached hydrogens (tertiary/aromatic N) is 2. The number of rotatable bonds is 1. The Morgan fingerprint density at radius 3 is 2.55 bits per heavy atom. The van der Waals surface area contributed by atoms with Crippen molar-refractivity contribution in [2.24, 2.45) is 0 Å². The van der Waals surface area contributed by atoms with Crippen molar-refractivity contribution < 1.29 is 0 Å². The summed E-state index contributed by atoms with van der Waals surface area (Å²) in [7, 11) is 0. The standard InChI is InChI=1S/C14H10BrCl2N3/c1-7-2-3-8(4-9(7)15)20-13-6-11(17)10(16)5-12(13)19-14(20)18/h2-6H,1H3,(H2,18,19). The van der Waals surface area contributed by atoms with Crippen LogP contribution in [0.4, 0.5) is 5.95 Å². The first-order valence-corrected chi connectivity index (χ1v) is 7.42. The van der Waals surface area contributed by atoms with Gasteiger partial charge in [-0.15, -0.1) is 0 Å². The van der Waals surface area contributed by atoms with E-state index in [2.05, 4.69) is 20.9 Å². The Morgan fingerprint density at radius 2 is 1.85 bits per heavy atom. The molecule has 2 N–H and O–H groups in total. The van der Waals surface area contributed by atoms with Crippen molar-refractivity contribution in [2.75, 3.05) is 5.73 Å².